The molecule has 1 heterocycles. The van der Waals surface area contributed by atoms with Gasteiger partial charge in [-0.2, -0.15) is 8.42 Å². The van der Waals surface area contributed by atoms with E-state index >= 15 is 0 Å². The van der Waals surface area contributed by atoms with E-state index in [2.05, 4.69) is 15.0 Å². The van der Waals surface area contributed by atoms with E-state index in [4.69, 9.17) is 0 Å². The Morgan fingerprint density at radius 1 is 1.04 bits per heavy atom. The Morgan fingerprint density at radius 3 is 2.56 bits per heavy atom. The molecule has 2 aromatic rings. The van der Waals surface area contributed by atoms with Crippen molar-refractivity contribution in [2.24, 2.45) is 4.40 Å². The van der Waals surface area contributed by atoms with Gasteiger partial charge in [0.25, 0.3) is 15.9 Å². The molecule has 0 atom stereocenters. The van der Waals surface area contributed by atoms with Crippen molar-refractivity contribution in [3.63, 3.8) is 0 Å². The Balaban J connectivity index is 1.50. The topological polar surface area (TPSA) is 87.6 Å². The van der Waals surface area contributed by atoms with E-state index in [9.17, 15) is 17.6 Å². The quantitative estimate of drug-likeness (QED) is 0.794. The molecule has 1 amide bonds. The fourth-order valence-electron chi connectivity index (χ4n) is 2.47. The number of carbonyl (C=O) groups is 1. The summed E-state index contributed by atoms with van der Waals surface area (Å²) in [6, 6.07) is 12.3. The van der Waals surface area contributed by atoms with E-state index in [1.807, 2.05) is 0 Å². The van der Waals surface area contributed by atoms with Crippen LogP contribution in [0, 0.1) is 5.82 Å². The largest absolute Gasteiger partial charge is 0.369 e. The highest BCUT2D eigenvalue weighted by Gasteiger charge is 2.27. The van der Waals surface area contributed by atoms with Crippen molar-refractivity contribution in [1.29, 1.82) is 0 Å². The minimum atomic E-state index is -3.64. The summed E-state index contributed by atoms with van der Waals surface area (Å²) in [5, 5.41) is 5.59. The number of nitrogens with one attached hydrogen (secondary N) is 2. The van der Waals surface area contributed by atoms with Crippen molar-refractivity contribution in [3.05, 3.63) is 65.5 Å². The molecule has 0 spiro atoms. The second-order valence-corrected chi connectivity index (χ2v) is 7.00. The van der Waals surface area contributed by atoms with Gasteiger partial charge in [-0.1, -0.05) is 24.3 Å². The highest BCUT2D eigenvalue weighted by atomic mass is 32.2. The minimum Gasteiger partial charge on any atom is -0.369 e. The van der Waals surface area contributed by atoms with Crippen LogP contribution in [0.3, 0.4) is 0 Å². The maximum Gasteiger partial charge on any atom is 0.285 e. The zero-order valence-corrected chi connectivity index (χ0v) is 14.0. The van der Waals surface area contributed by atoms with Crippen LogP contribution in [0.15, 0.2) is 57.8 Å². The lowest BCUT2D eigenvalue weighted by Gasteiger charge is -2.08. The summed E-state index contributed by atoms with van der Waals surface area (Å²) in [6.45, 7) is 0.738. The third-order valence-corrected chi connectivity index (χ3v) is 5.02. The normalized spacial score (nSPS) is 14.5. The lowest BCUT2D eigenvalue weighted by molar-refractivity contribution is 0.0949. The average molecular weight is 361 g/mol. The molecule has 0 saturated heterocycles. The number of hydrogen-bond donors (Lipinski definition) is 2. The number of rotatable bonds is 5. The highest BCUT2D eigenvalue weighted by molar-refractivity contribution is 7.90. The first-order valence-corrected chi connectivity index (χ1v) is 9.14. The molecule has 130 valence electrons. The smallest absolute Gasteiger partial charge is 0.285 e. The Hall–Kier alpha value is -2.74. The number of sulfonamides is 1. The van der Waals surface area contributed by atoms with Crippen molar-refractivity contribution >= 4 is 21.8 Å². The molecule has 0 aliphatic carbocycles. The first-order valence-electron chi connectivity index (χ1n) is 7.70. The first kappa shape index (κ1) is 17.1. The monoisotopic (exact) mass is 361 g/mol. The molecule has 1 aliphatic heterocycles. The summed E-state index contributed by atoms with van der Waals surface area (Å²) >= 11 is 0. The number of amidine groups is 1. The van der Waals surface area contributed by atoms with Crippen molar-refractivity contribution in [1.82, 2.24) is 10.6 Å². The first-order chi connectivity index (χ1) is 12.0. The molecule has 8 heteroatoms. The van der Waals surface area contributed by atoms with Crippen LogP contribution in [0.2, 0.25) is 0 Å². The molecule has 0 aromatic heterocycles. The van der Waals surface area contributed by atoms with Gasteiger partial charge >= 0.3 is 0 Å². The summed E-state index contributed by atoms with van der Waals surface area (Å²) in [5.41, 5.74) is 0.536. The molecule has 0 fully saturated rings. The number of hydrogen-bond acceptors (Lipinski definition) is 4. The molecular weight excluding hydrogens is 345 g/mol. The number of nitrogens with zero attached hydrogens (tertiary/aromatic N) is 1. The minimum absolute atomic E-state index is 0.00403. The second kappa shape index (κ2) is 7.02. The van der Waals surface area contributed by atoms with E-state index < -0.39 is 21.7 Å². The zero-order chi connectivity index (χ0) is 17.9. The van der Waals surface area contributed by atoms with Gasteiger partial charge in [-0.05, 0) is 30.7 Å². The molecule has 2 N–H and O–H groups in total. The Kier molecular flexibility index (Phi) is 4.80. The van der Waals surface area contributed by atoms with E-state index in [0.29, 0.717) is 30.9 Å². The van der Waals surface area contributed by atoms with Crippen LogP contribution in [0.25, 0.3) is 0 Å². The van der Waals surface area contributed by atoms with E-state index in [0.717, 1.165) is 0 Å². The SMILES string of the molecule is O=C(NCCCNC1=NS(=O)(=O)c2ccccc21)c1ccccc1F. The molecule has 0 radical (unpaired) electrons. The molecule has 6 nitrogen and oxygen atoms in total. The lowest BCUT2D eigenvalue weighted by Crippen LogP contribution is -2.30. The van der Waals surface area contributed by atoms with Crippen LogP contribution in [-0.2, 0) is 10.0 Å². The van der Waals surface area contributed by atoms with Crippen LogP contribution >= 0.6 is 0 Å². The second-order valence-electron chi connectivity index (χ2n) is 5.43. The number of halogens is 1. The number of carbonyl (C=O) groups excluding carboxylic acids is 1. The van der Waals surface area contributed by atoms with Gasteiger partial charge in [0, 0.05) is 18.7 Å². The third-order valence-electron chi connectivity index (χ3n) is 3.68. The van der Waals surface area contributed by atoms with Crippen LogP contribution in [0.5, 0.6) is 0 Å². The predicted octanol–water partition coefficient (Wildman–Crippen LogP) is 1.68. The molecule has 0 unspecified atom stereocenters. The van der Waals surface area contributed by atoms with Crippen LogP contribution in [0.4, 0.5) is 4.39 Å². The standard InChI is InChI=1S/C17H16FN3O3S/c18-14-8-3-1-6-12(14)17(22)20-11-5-10-19-16-13-7-2-4-9-15(13)25(23,24)21-16/h1-4,6-9H,5,10-11H2,(H,19,21)(H,20,22). The molecule has 1 aliphatic rings. The number of fused-ring (bicyclic) bond motifs is 1. The van der Waals surface area contributed by atoms with Gasteiger partial charge < -0.3 is 10.6 Å². The van der Waals surface area contributed by atoms with Crippen LogP contribution in [-0.4, -0.2) is 33.3 Å². The van der Waals surface area contributed by atoms with Crippen LogP contribution in [0.1, 0.15) is 22.3 Å². The van der Waals surface area contributed by atoms with E-state index in [1.165, 1.54) is 24.3 Å². The molecule has 2 aromatic carbocycles. The molecule has 25 heavy (non-hydrogen) atoms. The van der Waals surface area contributed by atoms with Gasteiger partial charge in [0.2, 0.25) is 0 Å². The Labute approximate surface area is 144 Å². The highest BCUT2D eigenvalue weighted by Crippen LogP contribution is 2.24. The van der Waals surface area contributed by atoms with Gasteiger partial charge in [-0.25, -0.2) is 4.39 Å². The van der Waals surface area contributed by atoms with Crippen molar-refractivity contribution < 1.29 is 17.6 Å². The number of benzene rings is 2. The van der Waals surface area contributed by atoms with Gasteiger partial charge in [-0.3, -0.25) is 4.79 Å². The van der Waals surface area contributed by atoms with E-state index in [-0.39, 0.29) is 10.5 Å². The van der Waals surface area contributed by atoms with Gasteiger partial charge in [0.15, 0.2) is 0 Å². The van der Waals surface area contributed by atoms with Gasteiger partial charge in [-0.15, -0.1) is 4.40 Å². The van der Waals surface area contributed by atoms with Crippen molar-refractivity contribution in [2.45, 2.75) is 11.3 Å². The summed E-state index contributed by atoms with van der Waals surface area (Å²) in [7, 11) is -3.64. The van der Waals surface area contributed by atoms with Crippen molar-refractivity contribution in [2.75, 3.05) is 13.1 Å². The Morgan fingerprint density at radius 2 is 1.76 bits per heavy atom. The molecular formula is C17H16FN3O3S. The zero-order valence-electron chi connectivity index (χ0n) is 13.2. The van der Waals surface area contributed by atoms with Gasteiger partial charge in [0.05, 0.1) is 5.56 Å². The lowest BCUT2D eigenvalue weighted by atomic mass is 10.2. The summed E-state index contributed by atoms with van der Waals surface area (Å²) in [4.78, 5) is 12.0. The van der Waals surface area contributed by atoms with Crippen LogP contribution < -0.4 is 10.6 Å². The molecule has 0 saturated carbocycles. The Bertz CT molecular complexity index is 942. The predicted molar refractivity (Wildman–Crippen MR) is 91.5 cm³/mol. The maximum absolute atomic E-state index is 13.5. The van der Waals surface area contributed by atoms with Crippen molar-refractivity contribution in [3.8, 4) is 0 Å². The van der Waals surface area contributed by atoms with E-state index in [1.54, 1.807) is 24.3 Å². The van der Waals surface area contributed by atoms with Gasteiger partial charge in [0.1, 0.15) is 16.5 Å². The fraction of sp³-hybridized carbons (Fsp3) is 0.176. The number of amides is 1. The summed E-state index contributed by atoms with van der Waals surface area (Å²) in [5.74, 6) is -0.750. The fourth-order valence-corrected chi connectivity index (χ4v) is 3.67. The summed E-state index contributed by atoms with van der Waals surface area (Å²) < 4.78 is 41.0. The molecule has 0 bridgehead atoms. The molecule has 3 rings (SSSR count). The average Bonchev–Trinajstić information content (AvgIpc) is 2.86. The summed E-state index contributed by atoms with van der Waals surface area (Å²) in [6.07, 6.45) is 0.529. The third kappa shape index (κ3) is 3.69. The maximum atomic E-state index is 13.5.